The minimum absolute atomic E-state index is 0. The minimum Gasteiger partial charge on any atom is -0.444 e. The van der Waals surface area contributed by atoms with E-state index in [2.05, 4.69) is 25.6 Å². The second kappa shape index (κ2) is 9.90. The number of hydrogen-bond donors (Lipinski definition) is 2. The lowest BCUT2D eigenvalue weighted by atomic mass is 10.1. The molecule has 158 valence electrons. The zero-order chi connectivity index (χ0) is 20.1. The van der Waals surface area contributed by atoms with E-state index in [1.165, 1.54) is 0 Å². The van der Waals surface area contributed by atoms with Gasteiger partial charge in [0.15, 0.2) is 5.96 Å². The lowest BCUT2D eigenvalue weighted by molar-refractivity contribution is 0.00701. The van der Waals surface area contributed by atoms with Crippen molar-refractivity contribution in [2.75, 3.05) is 20.1 Å². The second-order valence-corrected chi connectivity index (χ2v) is 7.65. The third-order valence-corrected chi connectivity index (χ3v) is 4.14. The fourth-order valence-corrected chi connectivity index (χ4v) is 2.69. The summed E-state index contributed by atoms with van der Waals surface area (Å²) in [5, 5.41) is 6.58. The van der Waals surface area contributed by atoms with E-state index in [1.807, 2.05) is 49.9 Å². The van der Waals surface area contributed by atoms with Crippen LogP contribution in [0, 0.1) is 0 Å². The Morgan fingerprint density at radius 3 is 2.66 bits per heavy atom. The summed E-state index contributed by atoms with van der Waals surface area (Å²) >= 11 is 0. The number of nitrogens with one attached hydrogen (secondary N) is 2. The molecule has 0 radical (unpaired) electrons. The van der Waals surface area contributed by atoms with Crippen LogP contribution in [-0.4, -0.2) is 63.3 Å². The number of carbonyl (C=O) groups excluding carboxylic acids is 1. The first-order valence-corrected chi connectivity index (χ1v) is 9.22. The van der Waals surface area contributed by atoms with Gasteiger partial charge in [0, 0.05) is 45.3 Å². The number of rotatable bonds is 4. The molecular weight excluding hydrogens is 485 g/mol. The van der Waals surface area contributed by atoms with Gasteiger partial charge in [0.2, 0.25) is 0 Å². The lowest BCUT2D eigenvalue weighted by Crippen LogP contribution is -2.63. The number of imidazole rings is 1. The van der Waals surface area contributed by atoms with Crippen LogP contribution in [0.5, 0.6) is 0 Å². The van der Waals surface area contributed by atoms with E-state index < -0.39 is 5.60 Å². The Kier molecular flexibility index (Phi) is 7.82. The Morgan fingerprint density at radius 1 is 1.34 bits per heavy atom. The summed E-state index contributed by atoms with van der Waals surface area (Å²) < 4.78 is 7.22. The van der Waals surface area contributed by atoms with Crippen LogP contribution >= 0.6 is 24.0 Å². The number of ether oxygens (including phenoxy) is 1. The summed E-state index contributed by atoms with van der Waals surface area (Å²) in [5.74, 6) is 1.51. The predicted molar refractivity (Wildman–Crippen MR) is 122 cm³/mol. The van der Waals surface area contributed by atoms with Crippen molar-refractivity contribution >= 4 is 36.0 Å². The first-order chi connectivity index (χ1) is 13.3. The van der Waals surface area contributed by atoms with E-state index >= 15 is 0 Å². The Hall–Kier alpha value is -2.37. The number of nitrogens with zero attached hydrogens (tertiary/aromatic N) is 5. The van der Waals surface area contributed by atoms with Crippen LogP contribution in [0.3, 0.4) is 0 Å². The van der Waals surface area contributed by atoms with Crippen LogP contribution in [0.2, 0.25) is 0 Å². The van der Waals surface area contributed by atoms with Crippen molar-refractivity contribution in [2.24, 2.45) is 4.99 Å². The molecule has 1 saturated heterocycles. The van der Waals surface area contributed by atoms with Gasteiger partial charge in [0.25, 0.3) is 0 Å². The maximum atomic E-state index is 12.0. The summed E-state index contributed by atoms with van der Waals surface area (Å²) in [6, 6.07) is 4.11. The molecule has 1 aliphatic heterocycles. The van der Waals surface area contributed by atoms with Crippen molar-refractivity contribution in [1.82, 2.24) is 30.1 Å². The first kappa shape index (κ1) is 22.9. The number of aliphatic imine (C=N–C) groups is 1. The fourth-order valence-electron chi connectivity index (χ4n) is 2.69. The number of aromatic nitrogens is 3. The number of amides is 1. The van der Waals surface area contributed by atoms with E-state index in [0.717, 1.165) is 11.4 Å². The normalized spacial score (nSPS) is 14.6. The van der Waals surface area contributed by atoms with Crippen molar-refractivity contribution in [1.29, 1.82) is 0 Å². The van der Waals surface area contributed by atoms with Crippen LogP contribution in [0.15, 0.2) is 42.0 Å². The highest BCUT2D eigenvalue weighted by Gasteiger charge is 2.34. The topological polar surface area (TPSA) is 96.7 Å². The van der Waals surface area contributed by atoms with E-state index in [0.29, 0.717) is 25.6 Å². The van der Waals surface area contributed by atoms with Crippen LogP contribution < -0.4 is 10.6 Å². The highest BCUT2D eigenvalue weighted by Crippen LogP contribution is 2.15. The highest BCUT2D eigenvalue weighted by atomic mass is 127. The van der Waals surface area contributed by atoms with E-state index in [4.69, 9.17) is 4.74 Å². The van der Waals surface area contributed by atoms with Crippen molar-refractivity contribution in [3.05, 3.63) is 42.6 Å². The van der Waals surface area contributed by atoms with Crippen LogP contribution in [0.1, 0.15) is 26.3 Å². The zero-order valence-corrected chi connectivity index (χ0v) is 19.5. The molecular formula is C19H28IN7O2. The fraction of sp³-hybridized carbons (Fsp3) is 0.474. The molecule has 1 amide bonds. The molecule has 0 bridgehead atoms. The maximum Gasteiger partial charge on any atom is 0.410 e. The largest absolute Gasteiger partial charge is 0.444 e. The molecule has 29 heavy (non-hydrogen) atoms. The van der Waals surface area contributed by atoms with Gasteiger partial charge in [-0.15, -0.1) is 24.0 Å². The van der Waals surface area contributed by atoms with Gasteiger partial charge < -0.3 is 20.3 Å². The van der Waals surface area contributed by atoms with Crippen LogP contribution in [-0.2, 0) is 11.3 Å². The highest BCUT2D eigenvalue weighted by molar-refractivity contribution is 14.0. The Balaban J connectivity index is 0.00000300. The molecule has 10 heteroatoms. The van der Waals surface area contributed by atoms with Crippen LogP contribution in [0.25, 0.3) is 5.82 Å². The van der Waals surface area contributed by atoms with Crippen molar-refractivity contribution in [3.63, 3.8) is 0 Å². The van der Waals surface area contributed by atoms with Crippen LogP contribution in [0.4, 0.5) is 4.79 Å². The van der Waals surface area contributed by atoms with Gasteiger partial charge in [-0.1, -0.05) is 6.07 Å². The molecule has 9 nitrogen and oxygen atoms in total. The second-order valence-electron chi connectivity index (χ2n) is 7.65. The minimum atomic E-state index is -0.478. The van der Waals surface area contributed by atoms with Gasteiger partial charge in [-0.05, 0) is 32.4 Å². The quantitative estimate of drug-likeness (QED) is 0.370. The van der Waals surface area contributed by atoms with Gasteiger partial charge in [-0.3, -0.25) is 9.56 Å². The smallest absolute Gasteiger partial charge is 0.410 e. The Labute approximate surface area is 188 Å². The third-order valence-electron chi connectivity index (χ3n) is 4.14. The van der Waals surface area contributed by atoms with Gasteiger partial charge in [0.05, 0.1) is 6.04 Å². The molecule has 0 aromatic carbocycles. The van der Waals surface area contributed by atoms with E-state index in [-0.39, 0.29) is 36.1 Å². The van der Waals surface area contributed by atoms with Crippen molar-refractivity contribution in [2.45, 2.75) is 39.0 Å². The summed E-state index contributed by atoms with van der Waals surface area (Å²) in [7, 11) is 1.72. The average molecular weight is 513 g/mol. The number of carbonyl (C=O) groups is 1. The molecule has 2 aromatic rings. The van der Waals surface area contributed by atoms with Gasteiger partial charge in [0.1, 0.15) is 17.7 Å². The number of pyridine rings is 1. The molecule has 3 rings (SSSR count). The SMILES string of the molecule is CN=C(NCc1ccc(-n2ccnc2)nc1)NC1CN(C(=O)OC(C)(C)C)C1.I. The zero-order valence-electron chi connectivity index (χ0n) is 17.1. The number of guanidine groups is 1. The van der Waals surface area contributed by atoms with Crippen molar-refractivity contribution in [3.8, 4) is 5.82 Å². The molecule has 2 N–H and O–H groups in total. The van der Waals surface area contributed by atoms with Crippen molar-refractivity contribution < 1.29 is 9.53 Å². The number of likely N-dealkylation sites (tertiary alicyclic amines) is 1. The first-order valence-electron chi connectivity index (χ1n) is 9.22. The predicted octanol–water partition coefficient (Wildman–Crippen LogP) is 2.17. The molecule has 0 unspecified atom stereocenters. The average Bonchev–Trinajstić information content (AvgIpc) is 3.13. The molecule has 0 spiro atoms. The lowest BCUT2D eigenvalue weighted by Gasteiger charge is -2.40. The molecule has 0 aliphatic carbocycles. The molecule has 1 fully saturated rings. The summed E-state index contributed by atoms with van der Waals surface area (Å²) in [6.45, 7) is 7.38. The third kappa shape index (κ3) is 6.58. The maximum absolute atomic E-state index is 12.0. The monoisotopic (exact) mass is 513 g/mol. The van der Waals surface area contributed by atoms with Gasteiger partial charge in [-0.25, -0.2) is 14.8 Å². The summed E-state index contributed by atoms with van der Waals surface area (Å²) in [6.07, 6.45) is 6.83. The number of halogens is 1. The van der Waals surface area contributed by atoms with E-state index in [1.54, 1.807) is 24.5 Å². The molecule has 1 aliphatic rings. The Morgan fingerprint density at radius 2 is 2.10 bits per heavy atom. The van der Waals surface area contributed by atoms with Gasteiger partial charge >= 0.3 is 6.09 Å². The summed E-state index contributed by atoms with van der Waals surface area (Å²) in [4.78, 5) is 26.4. The number of hydrogen-bond acceptors (Lipinski definition) is 5. The molecule has 0 atom stereocenters. The van der Waals surface area contributed by atoms with E-state index in [9.17, 15) is 4.79 Å². The summed E-state index contributed by atoms with van der Waals surface area (Å²) in [5.41, 5.74) is 0.560. The molecule has 2 aromatic heterocycles. The standard InChI is InChI=1S/C19H27N7O2.HI/c1-19(2,3)28-18(27)26-11-15(12-26)24-17(20-4)23-10-14-5-6-16(22-9-14)25-8-7-21-13-25;/h5-9,13,15H,10-12H2,1-4H3,(H2,20,23,24);1H. The Bertz CT molecular complexity index is 810. The molecule has 0 saturated carbocycles. The van der Waals surface area contributed by atoms with Gasteiger partial charge in [-0.2, -0.15) is 0 Å². The molecule has 3 heterocycles.